The maximum absolute atomic E-state index is 12.6. The van der Waals surface area contributed by atoms with Crippen molar-refractivity contribution in [2.75, 3.05) is 20.3 Å². The Kier molecular flexibility index (Phi) is 6.54. The molecule has 5 aliphatic rings. The third-order valence-electron chi connectivity index (χ3n) is 8.38. The Balaban J connectivity index is 1.04. The van der Waals surface area contributed by atoms with Crippen LogP contribution in [0.25, 0.3) is 0 Å². The van der Waals surface area contributed by atoms with Crippen LogP contribution in [0.15, 0.2) is 24.3 Å². The van der Waals surface area contributed by atoms with Gasteiger partial charge < -0.3 is 20.1 Å². The third kappa shape index (κ3) is 5.39. The van der Waals surface area contributed by atoms with Crippen LogP contribution in [-0.4, -0.2) is 38.0 Å². The van der Waals surface area contributed by atoms with E-state index >= 15 is 0 Å². The zero-order valence-electron chi connectivity index (χ0n) is 20.0. The van der Waals surface area contributed by atoms with Gasteiger partial charge in [0.25, 0.3) is 5.91 Å². The van der Waals surface area contributed by atoms with Gasteiger partial charge in [-0.2, -0.15) is 0 Å². The van der Waals surface area contributed by atoms with Crippen LogP contribution >= 0.6 is 0 Å². The van der Waals surface area contributed by atoms with E-state index in [1.165, 1.54) is 19.3 Å². The van der Waals surface area contributed by atoms with E-state index < -0.39 is 5.97 Å². The molecule has 1 atom stereocenters. The lowest BCUT2D eigenvalue weighted by atomic mass is 9.49. The highest BCUT2D eigenvalue weighted by molar-refractivity contribution is 5.84. The summed E-state index contributed by atoms with van der Waals surface area (Å²) in [6.45, 7) is -0.536. The fraction of sp³-hybridized carbons (Fsp3) is 0.667. The SMILES string of the molecule is COc1ccc(C(NC(=O)COC(=O)CNC(=O)CC23CC4CC(CC(C4)C2)C3)C2CC2)cc1. The van der Waals surface area contributed by atoms with Crippen LogP contribution in [0, 0.1) is 29.1 Å². The first-order valence-corrected chi connectivity index (χ1v) is 12.8. The van der Waals surface area contributed by atoms with Gasteiger partial charge in [-0.15, -0.1) is 0 Å². The molecular weight excluding hydrogens is 432 g/mol. The number of methoxy groups -OCH3 is 1. The number of rotatable bonds is 10. The number of amides is 2. The summed E-state index contributed by atoms with van der Waals surface area (Å²) in [5.74, 6) is 2.56. The van der Waals surface area contributed by atoms with Gasteiger partial charge >= 0.3 is 5.97 Å². The number of esters is 1. The zero-order chi connectivity index (χ0) is 23.7. The molecule has 184 valence electrons. The Morgan fingerprint density at radius 2 is 1.59 bits per heavy atom. The van der Waals surface area contributed by atoms with E-state index in [0.29, 0.717) is 12.3 Å². The summed E-state index contributed by atoms with van der Waals surface area (Å²) in [6, 6.07) is 7.56. The summed E-state index contributed by atoms with van der Waals surface area (Å²) in [4.78, 5) is 37.2. The first kappa shape index (κ1) is 23.2. The highest BCUT2D eigenvalue weighted by Gasteiger charge is 2.51. The minimum Gasteiger partial charge on any atom is -0.497 e. The summed E-state index contributed by atoms with van der Waals surface area (Å²) in [7, 11) is 1.62. The van der Waals surface area contributed by atoms with Crippen LogP contribution in [0.4, 0.5) is 0 Å². The first-order valence-electron chi connectivity index (χ1n) is 12.8. The molecule has 0 heterocycles. The molecule has 5 fully saturated rings. The van der Waals surface area contributed by atoms with Crippen molar-refractivity contribution in [1.82, 2.24) is 10.6 Å². The monoisotopic (exact) mass is 468 g/mol. The van der Waals surface area contributed by atoms with Gasteiger partial charge in [-0.3, -0.25) is 14.4 Å². The van der Waals surface area contributed by atoms with Gasteiger partial charge in [-0.1, -0.05) is 12.1 Å². The number of nitrogens with one attached hydrogen (secondary N) is 2. The van der Waals surface area contributed by atoms with Crippen molar-refractivity contribution in [2.24, 2.45) is 29.1 Å². The maximum Gasteiger partial charge on any atom is 0.325 e. The number of ether oxygens (including phenoxy) is 2. The van der Waals surface area contributed by atoms with Crippen molar-refractivity contribution >= 4 is 17.8 Å². The molecule has 5 saturated carbocycles. The predicted octanol–water partition coefficient (Wildman–Crippen LogP) is 3.53. The molecule has 0 spiro atoms. The van der Waals surface area contributed by atoms with E-state index in [4.69, 9.17) is 9.47 Å². The Labute approximate surface area is 201 Å². The number of hydrogen-bond acceptors (Lipinski definition) is 5. The molecule has 5 aliphatic carbocycles. The normalized spacial score (nSPS) is 29.9. The molecule has 0 radical (unpaired) electrons. The molecule has 0 aromatic heterocycles. The van der Waals surface area contributed by atoms with Gasteiger partial charge in [0.15, 0.2) is 6.61 Å². The summed E-state index contributed by atoms with van der Waals surface area (Å²) >= 11 is 0. The van der Waals surface area contributed by atoms with E-state index in [1.54, 1.807) is 7.11 Å². The highest BCUT2D eigenvalue weighted by Crippen LogP contribution is 2.61. The minimum atomic E-state index is -0.582. The predicted molar refractivity (Wildman–Crippen MR) is 126 cm³/mol. The van der Waals surface area contributed by atoms with Crippen LogP contribution in [0.5, 0.6) is 5.75 Å². The van der Waals surface area contributed by atoms with Gasteiger partial charge in [0, 0.05) is 6.42 Å². The first-order chi connectivity index (χ1) is 16.4. The van der Waals surface area contributed by atoms with E-state index in [2.05, 4.69) is 10.6 Å². The van der Waals surface area contributed by atoms with E-state index in [0.717, 1.165) is 61.2 Å². The van der Waals surface area contributed by atoms with Gasteiger partial charge in [-0.05, 0) is 98.1 Å². The standard InChI is InChI=1S/C27H36N2O5/c1-33-22-6-4-21(5-7-22)26(20-2-3-20)29-24(31)16-34-25(32)15-28-23(30)14-27-11-17-8-18(12-27)10-19(9-17)13-27/h4-7,17-20,26H,2-3,8-16H2,1H3,(H,28,30)(H,29,31). The second-order valence-corrected chi connectivity index (χ2v) is 11.2. The van der Waals surface area contributed by atoms with E-state index in [1.807, 2.05) is 24.3 Å². The van der Waals surface area contributed by atoms with Crippen molar-refractivity contribution in [1.29, 1.82) is 0 Å². The fourth-order valence-corrected chi connectivity index (χ4v) is 7.21. The fourth-order valence-electron chi connectivity index (χ4n) is 7.21. The molecular formula is C27H36N2O5. The second kappa shape index (κ2) is 9.59. The smallest absolute Gasteiger partial charge is 0.325 e. The summed E-state index contributed by atoms with van der Waals surface area (Å²) < 4.78 is 10.3. The van der Waals surface area contributed by atoms with Gasteiger partial charge in [-0.25, -0.2) is 0 Å². The quantitative estimate of drug-likeness (QED) is 0.513. The average Bonchev–Trinajstić information content (AvgIpc) is 3.64. The van der Waals surface area contributed by atoms with Crippen LogP contribution < -0.4 is 15.4 Å². The Hall–Kier alpha value is -2.57. The largest absolute Gasteiger partial charge is 0.497 e. The Morgan fingerprint density at radius 1 is 0.971 bits per heavy atom. The molecule has 1 aromatic rings. The molecule has 7 heteroatoms. The second-order valence-electron chi connectivity index (χ2n) is 11.2. The van der Waals surface area contributed by atoms with Gasteiger partial charge in [0.1, 0.15) is 12.3 Å². The van der Waals surface area contributed by atoms with Crippen molar-refractivity contribution in [3.63, 3.8) is 0 Å². The molecule has 1 aromatic carbocycles. The molecule has 0 saturated heterocycles. The van der Waals surface area contributed by atoms with Crippen LogP contribution in [0.2, 0.25) is 0 Å². The summed E-state index contributed by atoms with van der Waals surface area (Å²) in [6.07, 6.45) is 10.1. The van der Waals surface area contributed by atoms with Crippen LogP contribution in [-0.2, 0) is 19.1 Å². The average molecular weight is 469 g/mol. The molecule has 2 N–H and O–H groups in total. The lowest BCUT2D eigenvalue weighted by Gasteiger charge is -2.56. The molecule has 2 amide bonds. The third-order valence-corrected chi connectivity index (χ3v) is 8.38. The van der Waals surface area contributed by atoms with Crippen LogP contribution in [0.3, 0.4) is 0 Å². The minimum absolute atomic E-state index is 0.0725. The van der Waals surface area contributed by atoms with Crippen molar-refractivity contribution in [2.45, 2.75) is 63.8 Å². The molecule has 4 bridgehead atoms. The van der Waals surface area contributed by atoms with Crippen LogP contribution in [0.1, 0.15) is 69.4 Å². The lowest BCUT2D eigenvalue weighted by molar-refractivity contribution is -0.149. The molecule has 0 aliphatic heterocycles. The number of benzene rings is 1. The Bertz CT molecular complexity index is 888. The van der Waals surface area contributed by atoms with E-state index in [9.17, 15) is 14.4 Å². The van der Waals surface area contributed by atoms with Crippen molar-refractivity contribution in [3.8, 4) is 5.75 Å². The van der Waals surface area contributed by atoms with Gasteiger partial charge in [0.2, 0.25) is 5.91 Å². The molecule has 7 nitrogen and oxygen atoms in total. The molecule has 34 heavy (non-hydrogen) atoms. The molecule has 6 rings (SSSR count). The summed E-state index contributed by atoms with van der Waals surface area (Å²) in [5.41, 5.74) is 1.15. The van der Waals surface area contributed by atoms with Crippen molar-refractivity contribution < 1.29 is 23.9 Å². The topological polar surface area (TPSA) is 93.7 Å². The number of hydrogen-bond donors (Lipinski definition) is 2. The number of carbonyl (C=O) groups is 3. The maximum atomic E-state index is 12.6. The molecule has 1 unspecified atom stereocenters. The summed E-state index contributed by atoms with van der Waals surface area (Å²) in [5, 5.41) is 5.72. The van der Waals surface area contributed by atoms with Crippen molar-refractivity contribution in [3.05, 3.63) is 29.8 Å². The van der Waals surface area contributed by atoms with Gasteiger partial charge in [0.05, 0.1) is 13.2 Å². The zero-order valence-corrected chi connectivity index (χ0v) is 20.0. The lowest BCUT2D eigenvalue weighted by Crippen LogP contribution is -2.48. The number of carbonyl (C=O) groups excluding carboxylic acids is 3. The Morgan fingerprint density at radius 3 is 2.15 bits per heavy atom. The highest BCUT2D eigenvalue weighted by atomic mass is 16.5. The van der Waals surface area contributed by atoms with E-state index in [-0.39, 0.29) is 36.4 Å².